The number of hydrogen-bond donors (Lipinski definition) is 1. The Morgan fingerprint density at radius 1 is 1.55 bits per heavy atom. The molecular formula is C9H14O2. The normalized spacial score (nSPS) is 48.2. The number of aliphatic hydroxyl groups is 1. The van der Waals surface area contributed by atoms with Crippen molar-refractivity contribution >= 4 is 5.78 Å². The van der Waals surface area contributed by atoms with Crippen LogP contribution in [0.2, 0.25) is 0 Å². The first kappa shape index (κ1) is 7.29. The molecule has 2 aliphatic rings. The van der Waals surface area contributed by atoms with Crippen molar-refractivity contribution in [3.8, 4) is 0 Å². The van der Waals surface area contributed by atoms with E-state index in [0.717, 1.165) is 6.42 Å². The molecule has 0 radical (unpaired) electrons. The summed E-state index contributed by atoms with van der Waals surface area (Å²) in [6.45, 7) is 4.29. The van der Waals surface area contributed by atoms with Crippen LogP contribution in [0.1, 0.15) is 26.7 Å². The minimum atomic E-state index is -0.642. The molecule has 2 nitrogen and oxygen atoms in total. The third-order valence-corrected chi connectivity index (χ3v) is 3.51. The minimum Gasteiger partial charge on any atom is -0.385 e. The number of hydrogen-bond acceptors (Lipinski definition) is 2. The molecule has 1 N–H and O–H groups in total. The van der Waals surface area contributed by atoms with Gasteiger partial charge >= 0.3 is 0 Å². The number of rotatable bonds is 1. The summed E-state index contributed by atoms with van der Waals surface area (Å²) in [6.07, 6.45) is 1.10. The lowest BCUT2D eigenvalue weighted by atomic mass is 9.89. The Kier molecular flexibility index (Phi) is 1.23. The molecule has 0 aromatic heterocycles. The summed E-state index contributed by atoms with van der Waals surface area (Å²) < 4.78 is 0. The lowest BCUT2D eigenvalue weighted by molar-refractivity contribution is -0.126. The standard InChI is InChI=1S/C9H14O2/c1-5(2)9-3-6(9)8(11)7(10)4-9/h5-7,10H,3-4H2,1-2H3. The maximum absolute atomic E-state index is 11.2. The number of aliphatic hydroxyl groups excluding tert-OH is 1. The molecule has 0 saturated heterocycles. The van der Waals surface area contributed by atoms with E-state index < -0.39 is 6.10 Å². The van der Waals surface area contributed by atoms with Gasteiger partial charge in [-0.3, -0.25) is 4.79 Å². The van der Waals surface area contributed by atoms with E-state index in [2.05, 4.69) is 13.8 Å². The highest BCUT2D eigenvalue weighted by Crippen LogP contribution is 2.65. The van der Waals surface area contributed by atoms with Gasteiger partial charge in [-0.2, -0.15) is 0 Å². The molecule has 0 aromatic carbocycles. The molecule has 62 valence electrons. The van der Waals surface area contributed by atoms with Gasteiger partial charge in [0.2, 0.25) is 0 Å². The van der Waals surface area contributed by atoms with Crippen molar-refractivity contribution in [3.63, 3.8) is 0 Å². The number of carbonyl (C=O) groups excluding carboxylic acids is 1. The van der Waals surface area contributed by atoms with E-state index in [9.17, 15) is 9.90 Å². The minimum absolute atomic E-state index is 0.0960. The van der Waals surface area contributed by atoms with Crippen molar-refractivity contribution in [2.45, 2.75) is 32.8 Å². The van der Waals surface area contributed by atoms with Crippen LogP contribution in [0.25, 0.3) is 0 Å². The molecule has 2 rings (SSSR count). The SMILES string of the molecule is CC(C)C12CC(O)C(=O)C1C2. The van der Waals surface area contributed by atoms with Crippen molar-refractivity contribution < 1.29 is 9.90 Å². The first-order chi connectivity index (χ1) is 5.08. The molecule has 3 atom stereocenters. The van der Waals surface area contributed by atoms with Crippen molar-refractivity contribution in [1.29, 1.82) is 0 Å². The van der Waals surface area contributed by atoms with Crippen LogP contribution in [-0.2, 0) is 4.79 Å². The van der Waals surface area contributed by atoms with Gasteiger partial charge < -0.3 is 5.11 Å². The summed E-state index contributed by atoms with van der Waals surface area (Å²) in [7, 11) is 0. The topological polar surface area (TPSA) is 37.3 Å². The number of carbonyl (C=O) groups is 1. The summed E-state index contributed by atoms with van der Waals surface area (Å²) in [4.78, 5) is 11.2. The molecule has 0 bridgehead atoms. The fourth-order valence-electron chi connectivity index (χ4n) is 2.50. The zero-order valence-electron chi connectivity index (χ0n) is 7.00. The van der Waals surface area contributed by atoms with Gasteiger partial charge in [0, 0.05) is 5.92 Å². The Hall–Kier alpha value is -0.370. The maximum Gasteiger partial charge on any atom is 0.164 e. The third kappa shape index (κ3) is 0.734. The van der Waals surface area contributed by atoms with Gasteiger partial charge in [0.15, 0.2) is 5.78 Å². The second kappa shape index (κ2) is 1.86. The fourth-order valence-corrected chi connectivity index (χ4v) is 2.50. The van der Waals surface area contributed by atoms with Crippen LogP contribution in [0.15, 0.2) is 0 Å². The van der Waals surface area contributed by atoms with E-state index in [1.807, 2.05) is 0 Å². The van der Waals surface area contributed by atoms with E-state index in [4.69, 9.17) is 0 Å². The Balaban J connectivity index is 2.20. The van der Waals surface area contributed by atoms with Crippen molar-refractivity contribution in [1.82, 2.24) is 0 Å². The number of Topliss-reactive ketones (excluding diaryl/α,β-unsaturated/α-hetero) is 1. The van der Waals surface area contributed by atoms with Crippen LogP contribution >= 0.6 is 0 Å². The summed E-state index contributed by atoms with van der Waals surface area (Å²) in [5, 5.41) is 9.26. The molecule has 0 aliphatic heterocycles. The predicted molar refractivity (Wildman–Crippen MR) is 41.0 cm³/mol. The predicted octanol–water partition coefficient (Wildman–Crippen LogP) is 0.982. The molecule has 0 spiro atoms. The Morgan fingerprint density at radius 3 is 2.45 bits per heavy atom. The Morgan fingerprint density at radius 2 is 2.18 bits per heavy atom. The van der Waals surface area contributed by atoms with Crippen LogP contribution in [0, 0.1) is 17.3 Å². The van der Waals surface area contributed by atoms with Crippen LogP contribution in [0.4, 0.5) is 0 Å². The van der Waals surface area contributed by atoms with Gasteiger partial charge in [0.05, 0.1) is 0 Å². The highest BCUT2D eigenvalue weighted by atomic mass is 16.3. The smallest absolute Gasteiger partial charge is 0.164 e. The van der Waals surface area contributed by atoms with Crippen LogP contribution in [0.3, 0.4) is 0 Å². The average Bonchev–Trinajstić information content (AvgIpc) is 2.57. The highest BCUT2D eigenvalue weighted by molar-refractivity contribution is 5.91. The van der Waals surface area contributed by atoms with E-state index in [1.54, 1.807) is 0 Å². The molecule has 11 heavy (non-hydrogen) atoms. The first-order valence-corrected chi connectivity index (χ1v) is 4.30. The average molecular weight is 154 g/mol. The van der Waals surface area contributed by atoms with Crippen molar-refractivity contribution in [3.05, 3.63) is 0 Å². The molecule has 2 fully saturated rings. The monoisotopic (exact) mass is 154 g/mol. The van der Waals surface area contributed by atoms with Gasteiger partial charge in [-0.15, -0.1) is 0 Å². The Labute approximate surface area is 66.6 Å². The third-order valence-electron chi connectivity index (χ3n) is 3.51. The number of ketones is 1. The molecule has 0 aromatic rings. The largest absolute Gasteiger partial charge is 0.385 e. The second-order valence-corrected chi connectivity index (χ2v) is 4.27. The first-order valence-electron chi connectivity index (χ1n) is 4.30. The van der Waals surface area contributed by atoms with Gasteiger partial charge in [-0.25, -0.2) is 0 Å². The molecule has 2 heteroatoms. The van der Waals surface area contributed by atoms with E-state index >= 15 is 0 Å². The molecular weight excluding hydrogens is 140 g/mol. The second-order valence-electron chi connectivity index (χ2n) is 4.27. The lowest BCUT2D eigenvalue weighted by Crippen LogP contribution is -2.17. The zero-order valence-corrected chi connectivity index (χ0v) is 7.00. The fraction of sp³-hybridized carbons (Fsp3) is 0.889. The lowest BCUT2D eigenvalue weighted by Gasteiger charge is -2.16. The van der Waals surface area contributed by atoms with Gasteiger partial charge in [0.1, 0.15) is 6.10 Å². The molecule has 0 heterocycles. The van der Waals surface area contributed by atoms with Gasteiger partial charge in [-0.1, -0.05) is 13.8 Å². The summed E-state index contributed by atoms with van der Waals surface area (Å²) in [5.41, 5.74) is 0.205. The summed E-state index contributed by atoms with van der Waals surface area (Å²) in [5.74, 6) is 0.852. The highest BCUT2D eigenvalue weighted by Gasteiger charge is 2.66. The van der Waals surface area contributed by atoms with E-state index in [-0.39, 0.29) is 17.1 Å². The van der Waals surface area contributed by atoms with Gasteiger partial charge in [0.25, 0.3) is 0 Å². The van der Waals surface area contributed by atoms with Crippen molar-refractivity contribution in [2.75, 3.05) is 0 Å². The summed E-state index contributed by atoms with van der Waals surface area (Å²) in [6, 6.07) is 0. The zero-order chi connectivity index (χ0) is 8.22. The van der Waals surface area contributed by atoms with Crippen LogP contribution in [0.5, 0.6) is 0 Å². The molecule has 2 aliphatic carbocycles. The van der Waals surface area contributed by atoms with Crippen LogP contribution in [-0.4, -0.2) is 17.0 Å². The molecule has 0 amide bonds. The molecule has 2 saturated carbocycles. The number of fused-ring (bicyclic) bond motifs is 1. The maximum atomic E-state index is 11.2. The summed E-state index contributed by atoms with van der Waals surface area (Å²) >= 11 is 0. The molecule has 3 unspecified atom stereocenters. The van der Waals surface area contributed by atoms with Crippen LogP contribution < -0.4 is 0 Å². The Bertz CT molecular complexity index is 210. The van der Waals surface area contributed by atoms with Crippen molar-refractivity contribution in [2.24, 2.45) is 17.3 Å². The van der Waals surface area contributed by atoms with E-state index in [0.29, 0.717) is 12.3 Å². The van der Waals surface area contributed by atoms with E-state index in [1.165, 1.54) is 0 Å². The van der Waals surface area contributed by atoms with Gasteiger partial charge in [-0.05, 0) is 24.2 Å². The quantitative estimate of drug-likeness (QED) is 0.611.